The Bertz CT molecular complexity index is 628. The molecule has 156 valence electrons. The third-order valence-corrected chi connectivity index (χ3v) is 7.03. The van der Waals surface area contributed by atoms with Crippen molar-refractivity contribution in [3.8, 4) is 0 Å². The SMILES string of the molecule is CCNC(=NCCNS(=O)(=O)c1cccs1)NC(C)CCCN(CC)CC. The van der Waals surface area contributed by atoms with Crippen LogP contribution in [0.2, 0.25) is 0 Å². The average Bonchev–Trinajstić information content (AvgIpc) is 3.18. The van der Waals surface area contributed by atoms with E-state index in [0.29, 0.717) is 16.8 Å². The predicted molar refractivity (Wildman–Crippen MR) is 115 cm³/mol. The lowest BCUT2D eigenvalue weighted by Gasteiger charge is -2.21. The van der Waals surface area contributed by atoms with E-state index >= 15 is 0 Å². The van der Waals surface area contributed by atoms with Crippen molar-refractivity contribution < 1.29 is 8.42 Å². The van der Waals surface area contributed by atoms with Gasteiger partial charge in [0.2, 0.25) is 10.0 Å². The molecule has 0 fully saturated rings. The van der Waals surface area contributed by atoms with Crippen molar-refractivity contribution in [2.45, 2.75) is 50.8 Å². The van der Waals surface area contributed by atoms with Gasteiger partial charge in [-0.3, -0.25) is 4.99 Å². The van der Waals surface area contributed by atoms with E-state index in [0.717, 1.165) is 45.0 Å². The maximum atomic E-state index is 12.1. The van der Waals surface area contributed by atoms with Crippen LogP contribution in [0.15, 0.2) is 26.7 Å². The van der Waals surface area contributed by atoms with Crippen LogP contribution in [0.3, 0.4) is 0 Å². The minimum absolute atomic E-state index is 0.271. The Morgan fingerprint density at radius 1 is 1.30 bits per heavy atom. The van der Waals surface area contributed by atoms with Crippen molar-refractivity contribution in [1.82, 2.24) is 20.3 Å². The van der Waals surface area contributed by atoms with E-state index in [1.807, 2.05) is 6.92 Å². The number of hydrogen-bond acceptors (Lipinski definition) is 5. The van der Waals surface area contributed by atoms with Gasteiger partial charge < -0.3 is 15.5 Å². The number of hydrogen-bond donors (Lipinski definition) is 3. The summed E-state index contributed by atoms with van der Waals surface area (Å²) in [5.41, 5.74) is 0. The highest BCUT2D eigenvalue weighted by Gasteiger charge is 2.13. The number of nitrogens with one attached hydrogen (secondary N) is 3. The van der Waals surface area contributed by atoms with E-state index in [2.05, 4.69) is 46.0 Å². The van der Waals surface area contributed by atoms with Crippen LogP contribution in [0, 0.1) is 0 Å². The molecular formula is C18H35N5O2S2. The predicted octanol–water partition coefficient (Wildman–Crippen LogP) is 2.09. The number of nitrogens with zero attached hydrogens (tertiary/aromatic N) is 2. The van der Waals surface area contributed by atoms with Gasteiger partial charge in [0.1, 0.15) is 4.21 Å². The molecule has 1 atom stereocenters. The molecule has 1 rings (SSSR count). The van der Waals surface area contributed by atoms with E-state index in [1.54, 1.807) is 17.5 Å². The molecule has 1 aromatic rings. The molecule has 0 radical (unpaired) electrons. The van der Waals surface area contributed by atoms with Gasteiger partial charge in [-0.2, -0.15) is 0 Å². The summed E-state index contributed by atoms with van der Waals surface area (Å²) in [7, 11) is -3.42. The van der Waals surface area contributed by atoms with Gasteiger partial charge in [0.25, 0.3) is 0 Å². The molecule has 7 nitrogen and oxygen atoms in total. The summed E-state index contributed by atoms with van der Waals surface area (Å²) >= 11 is 1.21. The van der Waals surface area contributed by atoms with E-state index in [-0.39, 0.29) is 6.54 Å². The first kappa shape index (κ1) is 23.9. The van der Waals surface area contributed by atoms with E-state index in [4.69, 9.17) is 0 Å². The van der Waals surface area contributed by atoms with E-state index < -0.39 is 10.0 Å². The molecular weight excluding hydrogens is 382 g/mol. The van der Waals surface area contributed by atoms with Crippen molar-refractivity contribution in [3.05, 3.63) is 17.5 Å². The fraction of sp³-hybridized carbons (Fsp3) is 0.722. The van der Waals surface area contributed by atoms with Crippen molar-refractivity contribution in [3.63, 3.8) is 0 Å². The van der Waals surface area contributed by atoms with E-state index in [9.17, 15) is 8.42 Å². The number of thiophene rings is 1. The summed E-state index contributed by atoms with van der Waals surface area (Å²) in [5.74, 6) is 0.725. The van der Waals surface area contributed by atoms with Gasteiger partial charge in [0.05, 0.1) is 6.54 Å². The van der Waals surface area contributed by atoms with Crippen molar-refractivity contribution in [2.75, 3.05) is 39.3 Å². The van der Waals surface area contributed by atoms with Gasteiger partial charge >= 0.3 is 0 Å². The molecule has 1 heterocycles. The topological polar surface area (TPSA) is 85.8 Å². The molecule has 0 aromatic carbocycles. The van der Waals surface area contributed by atoms with Gasteiger partial charge in [0, 0.05) is 19.1 Å². The molecule has 0 aliphatic rings. The second kappa shape index (κ2) is 13.1. The van der Waals surface area contributed by atoms with Crippen LogP contribution in [0.5, 0.6) is 0 Å². The Labute approximate surface area is 168 Å². The van der Waals surface area contributed by atoms with Crippen LogP contribution in [0.1, 0.15) is 40.5 Å². The first-order chi connectivity index (χ1) is 12.9. The molecule has 0 aliphatic carbocycles. The van der Waals surface area contributed by atoms with Crippen LogP contribution in [0.4, 0.5) is 0 Å². The standard InChI is InChI=1S/C18H35N5O2S2/c1-5-19-18(22-16(4)10-8-14-23(6-2)7-3)20-12-13-21-27(24,25)17-11-9-15-26-17/h9,11,15-16,21H,5-8,10,12-14H2,1-4H3,(H2,19,20,22). The highest BCUT2D eigenvalue weighted by Crippen LogP contribution is 2.14. The van der Waals surface area contributed by atoms with Crippen LogP contribution in [0.25, 0.3) is 0 Å². The molecule has 1 unspecified atom stereocenters. The summed E-state index contributed by atoms with van der Waals surface area (Å²) in [5, 5.41) is 8.36. The quantitative estimate of drug-likeness (QED) is 0.260. The fourth-order valence-corrected chi connectivity index (χ4v) is 4.68. The summed E-state index contributed by atoms with van der Waals surface area (Å²) in [6, 6.07) is 3.63. The van der Waals surface area contributed by atoms with Gasteiger partial charge in [-0.15, -0.1) is 11.3 Å². The number of guanidine groups is 1. The zero-order chi connectivity index (χ0) is 20.1. The van der Waals surface area contributed by atoms with Crippen molar-refractivity contribution in [1.29, 1.82) is 0 Å². The molecule has 0 saturated carbocycles. The van der Waals surface area contributed by atoms with E-state index in [1.165, 1.54) is 11.3 Å². The normalized spacial score (nSPS) is 13.7. The molecule has 0 amide bonds. The maximum Gasteiger partial charge on any atom is 0.250 e. The van der Waals surface area contributed by atoms with Crippen LogP contribution >= 0.6 is 11.3 Å². The molecule has 27 heavy (non-hydrogen) atoms. The van der Waals surface area contributed by atoms with Gasteiger partial charge in [0.15, 0.2) is 5.96 Å². The highest BCUT2D eigenvalue weighted by molar-refractivity contribution is 7.91. The Balaban J connectivity index is 2.40. The summed E-state index contributed by atoms with van der Waals surface area (Å²) < 4.78 is 27.1. The largest absolute Gasteiger partial charge is 0.357 e. The molecule has 1 aromatic heterocycles. The zero-order valence-electron chi connectivity index (χ0n) is 17.0. The lowest BCUT2D eigenvalue weighted by molar-refractivity contribution is 0.292. The second-order valence-corrected chi connectivity index (χ2v) is 9.25. The van der Waals surface area contributed by atoms with Gasteiger partial charge in [-0.1, -0.05) is 19.9 Å². The minimum Gasteiger partial charge on any atom is -0.357 e. The van der Waals surface area contributed by atoms with Crippen LogP contribution < -0.4 is 15.4 Å². The zero-order valence-corrected chi connectivity index (χ0v) is 18.6. The van der Waals surface area contributed by atoms with Crippen LogP contribution in [-0.2, 0) is 10.0 Å². The average molecular weight is 418 g/mol. The summed E-state index contributed by atoms with van der Waals surface area (Å²) in [4.78, 5) is 6.90. The minimum atomic E-state index is -3.42. The van der Waals surface area contributed by atoms with Crippen LogP contribution in [-0.4, -0.2) is 64.6 Å². The summed E-state index contributed by atoms with van der Waals surface area (Å²) in [6.07, 6.45) is 2.20. The number of rotatable bonds is 13. The number of sulfonamides is 1. The third-order valence-electron chi connectivity index (χ3n) is 4.17. The lowest BCUT2D eigenvalue weighted by atomic mass is 10.2. The Morgan fingerprint density at radius 3 is 2.63 bits per heavy atom. The molecule has 3 N–H and O–H groups in total. The van der Waals surface area contributed by atoms with Gasteiger partial charge in [-0.05, 0) is 57.8 Å². The Morgan fingerprint density at radius 2 is 2.04 bits per heavy atom. The second-order valence-electron chi connectivity index (χ2n) is 6.31. The summed E-state index contributed by atoms with van der Waals surface area (Å²) in [6.45, 7) is 13.2. The monoisotopic (exact) mass is 417 g/mol. The fourth-order valence-electron chi connectivity index (χ4n) is 2.62. The lowest BCUT2D eigenvalue weighted by Crippen LogP contribution is -2.43. The Kier molecular flexibility index (Phi) is 11.6. The number of aliphatic imine (C=N–C) groups is 1. The molecule has 0 spiro atoms. The van der Waals surface area contributed by atoms with Crippen molar-refractivity contribution >= 4 is 27.3 Å². The third kappa shape index (κ3) is 9.55. The molecule has 0 bridgehead atoms. The Hall–Kier alpha value is -1.16. The van der Waals surface area contributed by atoms with Crippen molar-refractivity contribution in [2.24, 2.45) is 4.99 Å². The maximum absolute atomic E-state index is 12.1. The molecule has 0 saturated heterocycles. The molecule has 0 aliphatic heterocycles. The smallest absolute Gasteiger partial charge is 0.250 e. The molecule has 9 heteroatoms. The highest BCUT2D eigenvalue weighted by atomic mass is 32.2. The first-order valence-corrected chi connectivity index (χ1v) is 12.1. The van der Waals surface area contributed by atoms with Gasteiger partial charge in [-0.25, -0.2) is 13.1 Å². The first-order valence-electron chi connectivity index (χ1n) is 9.73.